The molecule has 0 amide bonds. The van der Waals surface area contributed by atoms with E-state index in [4.69, 9.17) is 5.26 Å². The summed E-state index contributed by atoms with van der Waals surface area (Å²) in [7, 11) is 0. The largest absolute Gasteiger partial charge is 0.368 e. The summed E-state index contributed by atoms with van der Waals surface area (Å²) in [5.41, 5.74) is -0.429. The van der Waals surface area contributed by atoms with E-state index in [-0.39, 0.29) is 17.4 Å². The number of anilines is 1. The smallest absolute Gasteiger partial charge is 0.305 e. The predicted octanol–water partition coefficient (Wildman–Crippen LogP) is 2.71. The molecule has 1 heterocycles. The summed E-state index contributed by atoms with van der Waals surface area (Å²) in [6, 6.07) is 4.76. The Hall–Kier alpha value is -2.16. The maximum Gasteiger partial charge on any atom is 0.305 e. The quantitative estimate of drug-likeness (QED) is 0.638. The van der Waals surface area contributed by atoms with Gasteiger partial charge in [-0.25, -0.2) is 4.98 Å². The van der Waals surface area contributed by atoms with Crippen LogP contribution in [-0.4, -0.2) is 15.9 Å². The van der Waals surface area contributed by atoms with Crippen LogP contribution in [0.1, 0.15) is 32.9 Å². The first-order valence-corrected chi connectivity index (χ1v) is 5.76. The van der Waals surface area contributed by atoms with Gasteiger partial charge in [0, 0.05) is 12.1 Å². The van der Waals surface area contributed by atoms with Crippen LogP contribution in [0.25, 0.3) is 0 Å². The van der Waals surface area contributed by atoms with E-state index in [2.05, 4.69) is 24.1 Å². The molecule has 6 heteroatoms. The summed E-state index contributed by atoms with van der Waals surface area (Å²) < 4.78 is 0. The van der Waals surface area contributed by atoms with E-state index < -0.39 is 4.92 Å². The summed E-state index contributed by atoms with van der Waals surface area (Å²) in [6.07, 6.45) is 0.959. The highest BCUT2D eigenvalue weighted by Crippen LogP contribution is 2.19. The van der Waals surface area contributed by atoms with E-state index in [1.54, 1.807) is 6.07 Å². The van der Waals surface area contributed by atoms with Crippen LogP contribution in [0.15, 0.2) is 12.1 Å². The first-order valence-electron chi connectivity index (χ1n) is 5.76. The molecule has 1 aromatic rings. The Morgan fingerprint density at radius 3 is 2.67 bits per heavy atom. The molecule has 0 fully saturated rings. The van der Waals surface area contributed by atoms with Crippen LogP contribution >= 0.6 is 0 Å². The van der Waals surface area contributed by atoms with Gasteiger partial charge in [-0.15, -0.1) is 0 Å². The molecule has 0 saturated carbocycles. The van der Waals surface area contributed by atoms with Crippen molar-refractivity contribution in [1.29, 1.82) is 5.26 Å². The van der Waals surface area contributed by atoms with E-state index in [0.717, 1.165) is 6.42 Å². The Balaban J connectivity index is 2.87. The first-order chi connectivity index (χ1) is 8.43. The molecular formula is C12H16N4O2. The molecule has 0 saturated heterocycles. The van der Waals surface area contributed by atoms with Gasteiger partial charge in [0.05, 0.1) is 4.92 Å². The van der Waals surface area contributed by atoms with E-state index in [1.165, 1.54) is 12.1 Å². The second-order valence-electron chi connectivity index (χ2n) is 4.61. The second-order valence-corrected chi connectivity index (χ2v) is 4.61. The number of pyridine rings is 1. The Morgan fingerprint density at radius 1 is 1.50 bits per heavy atom. The fourth-order valence-corrected chi connectivity index (χ4v) is 1.78. The molecule has 0 aliphatic carbocycles. The van der Waals surface area contributed by atoms with Gasteiger partial charge < -0.3 is 5.32 Å². The summed E-state index contributed by atoms with van der Waals surface area (Å²) >= 11 is 0. The van der Waals surface area contributed by atoms with Gasteiger partial charge in [0.15, 0.2) is 0 Å². The molecule has 0 aliphatic rings. The highest BCUT2D eigenvalue weighted by molar-refractivity contribution is 5.50. The van der Waals surface area contributed by atoms with E-state index in [9.17, 15) is 10.1 Å². The second kappa shape index (κ2) is 5.96. The van der Waals surface area contributed by atoms with Gasteiger partial charge in [0.25, 0.3) is 0 Å². The lowest BCUT2D eigenvalue weighted by Gasteiger charge is -2.16. The monoisotopic (exact) mass is 248 g/mol. The molecule has 0 spiro atoms. The maximum absolute atomic E-state index is 10.7. The van der Waals surface area contributed by atoms with Crippen LogP contribution in [-0.2, 0) is 0 Å². The van der Waals surface area contributed by atoms with Crippen LogP contribution in [0, 0.1) is 27.4 Å². The van der Waals surface area contributed by atoms with Crippen LogP contribution in [0.2, 0.25) is 0 Å². The first kappa shape index (κ1) is 13.9. The average molecular weight is 248 g/mol. The van der Waals surface area contributed by atoms with Crippen molar-refractivity contribution >= 4 is 11.5 Å². The lowest BCUT2D eigenvalue weighted by Crippen LogP contribution is -2.18. The number of aromatic nitrogens is 1. The van der Waals surface area contributed by atoms with Crippen molar-refractivity contribution in [1.82, 2.24) is 4.98 Å². The van der Waals surface area contributed by atoms with E-state index >= 15 is 0 Å². The molecule has 1 rings (SSSR count). The number of hydrogen-bond acceptors (Lipinski definition) is 5. The third-order valence-corrected chi connectivity index (χ3v) is 2.40. The predicted molar refractivity (Wildman–Crippen MR) is 68.1 cm³/mol. The Bertz CT molecular complexity index is 479. The van der Waals surface area contributed by atoms with Gasteiger partial charge in [0.1, 0.15) is 11.9 Å². The number of nitrogens with one attached hydrogen (secondary N) is 1. The van der Waals surface area contributed by atoms with Gasteiger partial charge in [0.2, 0.25) is 5.69 Å². The molecule has 18 heavy (non-hydrogen) atoms. The van der Waals surface area contributed by atoms with Crippen LogP contribution in [0.3, 0.4) is 0 Å². The summed E-state index contributed by atoms with van der Waals surface area (Å²) in [5.74, 6) is 1.03. The third-order valence-electron chi connectivity index (χ3n) is 2.40. The molecule has 1 atom stereocenters. The van der Waals surface area contributed by atoms with Crippen molar-refractivity contribution < 1.29 is 4.92 Å². The van der Waals surface area contributed by atoms with Crippen molar-refractivity contribution in [2.24, 2.45) is 5.92 Å². The van der Waals surface area contributed by atoms with Gasteiger partial charge >= 0.3 is 5.69 Å². The Labute approximate surface area is 106 Å². The van der Waals surface area contributed by atoms with Crippen molar-refractivity contribution in [3.05, 3.63) is 27.9 Å². The fourth-order valence-electron chi connectivity index (χ4n) is 1.78. The lowest BCUT2D eigenvalue weighted by molar-refractivity contribution is -0.385. The lowest BCUT2D eigenvalue weighted by atomic mass is 10.1. The standard InChI is InChI=1S/C12H16N4O2/c1-8(2)6-9(3)14-12-5-4-11(16(17)18)10(7-13)15-12/h4-5,8-9H,6H2,1-3H3,(H,14,15). The van der Waals surface area contributed by atoms with Crippen LogP contribution in [0.4, 0.5) is 11.5 Å². The zero-order chi connectivity index (χ0) is 13.7. The van der Waals surface area contributed by atoms with Gasteiger partial charge in [-0.3, -0.25) is 10.1 Å². The normalized spacial score (nSPS) is 11.9. The number of hydrogen-bond donors (Lipinski definition) is 1. The van der Waals surface area contributed by atoms with Crippen LogP contribution in [0.5, 0.6) is 0 Å². The number of nitriles is 1. The number of rotatable bonds is 5. The minimum Gasteiger partial charge on any atom is -0.368 e. The van der Waals surface area contributed by atoms with Crippen LogP contribution < -0.4 is 5.32 Å². The van der Waals surface area contributed by atoms with Gasteiger partial charge in [-0.05, 0) is 25.3 Å². The molecule has 1 unspecified atom stereocenters. The molecular weight excluding hydrogens is 232 g/mol. The van der Waals surface area contributed by atoms with E-state index in [0.29, 0.717) is 11.7 Å². The number of nitro groups is 1. The fraction of sp³-hybridized carbons (Fsp3) is 0.500. The average Bonchev–Trinajstić information content (AvgIpc) is 2.27. The molecule has 1 aromatic heterocycles. The molecule has 0 bridgehead atoms. The number of nitrogens with zero attached hydrogens (tertiary/aromatic N) is 3. The van der Waals surface area contributed by atoms with Crippen molar-refractivity contribution in [3.63, 3.8) is 0 Å². The zero-order valence-electron chi connectivity index (χ0n) is 10.7. The summed E-state index contributed by atoms with van der Waals surface area (Å²) in [4.78, 5) is 14.0. The molecule has 96 valence electrons. The Kier molecular flexibility index (Phi) is 4.60. The summed E-state index contributed by atoms with van der Waals surface area (Å²) in [5, 5.41) is 22.6. The molecule has 0 aliphatic heterocycles. The van der Waals surface area contributed by atoms with Crippen molar-refractivity contribution in [2.45, 2.75) is 33.2 Å². The minimum atomic E-state index is -0.604. The minimum absolute atomic E-state index is 0.165. The molecule has 0 radical (unpaired) electrons. The molecule has 1 N–H and O–H groups in total. The van der Waals surface area contributed by atoms with Crippen molar-refractivity contribution in [3.8, 4) is 6.07 Å². The van der Waals surface area contributed by atoms with Gasteiger partial charge in [-0.1, -0.05) is 13.8 Å². The molecule has 0 aromatic carbocycles. The zero-order valence-corrected chi connectivity index (χ0v) is 10.7. The third kappa shape index (κ3) is 3.70. The summed E-state index contributed by atoms with van der Waals surface area (Å²) in [6.45, 7) is 6.24. The van der Waals surface area contributed by atoms with E-state index in [1.807, 2.05) is 6.92 Å². The Morgan fingerprint density at radius 2 is 2.17 bits per heavy atom. The highest BCUT2D eigenvalue weighted by Gasteiger charge is 2.16. The topological polar surface area (TPSA) is 91.9 Å². The maximum atomic E-state index is 10.7. The molecule has 6 nitrogen and oxygen atoms in total. The SMILES string of the molecule is CC(C)CC(C)Nc1ccc([N+](=O)[O-])c(C#N)n1. The van der Waals surface area contributed by atoms with Crippen molar-refractivity contribution in [2.75, 3.05) is 5.32 Å². The van der Waals surface area contributed by atoms with Gasteiger partial charge in [-0.2, -0.15) is 5.26 Å². The highest BCUT2D eigenvalue weighted by atomic mass is 16.6.